The lowest BCUT2D eigenvalue weighted by Gasteiger charge is -2.29. The van der Waals surface area contributed by atoms with E-state index in [9.17, 15) is 4.79 Å². The number of rotatable bonds is 8. The lowest BCUT2D eigenvalue weighted by atomic mass is 10.1. The fourth-order valence-corrected chi connectivity index (χ4v) is 2.91. The van der Waals surface area contributed by atoms with Gasteiger partial charge in [-0.25, -0.2) is 0 Å². The van der Waals surface area contributed by atoms with E-state index in [0.717, 1.165) is 45.6 Å². The molecule has 5 heteroatoms. The topological polar surface area (TPSA) is 44.8 Å². The average Bonchev–Trinajstić information content (AvgIpc) is 2.60. The van der Waals surface area contributed by atoms with E-state index in [1.807, 2.05) is 6.92 Å². The maximum atomic E-state index is 12.0. The molecule has 5 nitrogen and oxygen atoms in total. The normalized spacial score (nSPS) is 22.8. The van der Waals surface area contributed by atoms with Crippen LogP contribution < -0.4 is 5.32 Å². The first-order chi connectivity index (χ1) is 10.1. The number of carbonyl (C=O) groups excluding carboxylic acids is 1. The zero-order valence-corrected chi connectivity index (χ0v) is 14.2. The molecule has 1 fully saturated rings. The van der Waals surface area contributed by atoms with Crippen molar-refractivity contribution in [3.05, 3.63) is 0 Å². The van der Waals surface area contributed by atoms with Crippen LogP contribution in [0.5, 0.6) is 0 Å². The zero-order chi connectivity index (χ0) is 15.7. The minimum Gasteiger partial charge on any atom is -0.465 e. The molecule has 0 aliphatic carbocycles. The second-order valence-electron chi connectivity index (χ2n) is 6.05. The Morgan fingerprint density at radius 3 is 2.81 bits per heavy atom. The Labute approximate surface area is 130 Å². The van der Waals surface area contributed by atoms with E-state index in [-0.39, 0.29) is 12.0 Å². The van der Waals surface area contributed by atoms with Gasteiger partial charge in [0, 0.05) is 19.1 Å². The highest BCUT2D eigenvalue weighted by atomic mass is 16.5. The smallest absolute Gasteiger partial charge is 0.323 e. The SMILES string of the molecule is CCCNC(CCN1CCCN(C)CC1C)C(=O)OCC. The Morgan fingerprint density at radius 2 is 2.14 bits per heavy atom. The molecule has 1 N–H and O–H groups in total. The van der Waals surface area contributed by atoms with Crippen molar-refractivity contribution in [3.63, 3.8) is 0 Å². The van der Waals surface area contributed by atoms with Crippen LogP contribution in [0.2, 0.25) is 0 Å². The summed E-state index contributed by atoms with van der Waals surface area (Å²) in [6.45, 7) is 11.9. The second-order valence-corrected chi connectivity index (χ2v) is 6.05. The van der Waals surface area contributed by atoms with Crippen LogP contribution in [-0.4, -0.2) is 74.2 Å². The van der Waals surface area contributed by atoms with Crippen molar-refractivity contribution < 1.29 is 9.53 Å². The van der Waals surface area contributed by atoms with Gasteiger partial charge in [0.25, 0.3) is 0 Å². The Balaban J connectivity index is 2.48. The van der Waals surface area contributed by atoms with Gasteiger partial charge in [-0.05, 0) is 59.8 Å². The van der Waals surface area contributed by atoms with Crippen molar-refractivity contribution in [2.75, 3.05) is 46.4 Å². The Kier molecular flexibility index (Phi) is 8.88. The van der Waals surface area contributed by atoms with Gasteiger partial charge in [-0.2, -0.15) is 0 Å². The van der Waals surface area contributed by atoms with Gasteiger partial charge in [-0.15, -0.1) is 0 Å². The molecule has 1 heterocycles. The van der Waals surface area contributed by atoms with E-state index in [0.29, 0.717) is 12.6 Å². The van der Waals surface area contributed by atoms with Crippen molar-refractivity contribution in [1.82, 2.24) is 15.1 Å². The fourth-order valence-electron chi connectivity index (χ4n) is 2.91. The van der Waals surface area contributed by atoms with Crippen molar-refractivity contribution in [2.45, 2.75) is 52.1 Å². The maximum absolute atomic E-state index is 12.0. The Bertz CT molecular complexity index is 299. The lowest BCUT2D eigenvalue weighted by molar-refractivity contribution is -0.146. The van der Waals surface area contributed by atoms with Crippen LogP contribution in [0.4, 0.5) is 0 Å². The third kappa shape index (κ3) is 6.76. The highest BCUT2D eigenvalue weighted by molar-refractivity contribution is 5.75. The standard InChI is InChI=1S/C16H33N3O2/c1-5-9-17-15(16(20)21-6-2)8-12-19-11-7-10-18(4)13-14(19)3/h14-15,17H,5-13H2,1-4H3. The van der Waals surface area contributed by atoms with Gasteiger partial charge in [0.05, 0.1) is 6.61 Å². The van der Waals surface area contributed by atoms with E-state index >= 15 is 0 Å². The van der Waals surface area contributed by atoms with E-state index in [1.165, 1.54) is 6.42 Å². The Hall–Kier alpha value is -0.650. The van der Waals surface area contributed by atoms with Gasteiger partial charge in [-0.1, -0.05) is 6.92 Å². The molecule has 1 rings (SSSR count). The first kappa shape index (κ1) is 18.4. The van der Waals surface area contributed by atoms with Crippen LogP contribution in [0.1, 0.15) is 40.0 Å². The molecule has 0 bridgehead atoms. The van der Waals surface area contributed by atoms with Crippen LogP contribution in [0.3, 0.4) is 0 Å². The minimum absolute atomic E-state index is 0.106. The van der Waals surface area contributed by atoms with Crippen LogP contribution in [-0.2, 0) is 9.53 Å². The lowest BCUT2D eigenvalue weighted by Crippen LogP contribution is -2.44. The molecular weight excluding hydrogens is 266 g/mol. The van der Waals surface area contributed by atoms with E-state index in [4.69, 9.17) is 4.74 Å². The molecule has 1 aliphatic rings. The van der Waals surface area contributed by atoms with Crippen molar-refractivity contribution >= 4 is 5.97 Å². The van der Waals surface area contributed by atoms with Crippen LogP contribution in [0.15, 0.2) is 0 Å². The number of esters is 1. The third-order valence-corrected chi connectivity index (χ3v) is 4.10. The number of nitrogens with zero attached hydrogens (tertiary/aromatic N) is 2. The van der Waals surface area contributed by atoms with Gasteiger partial charge in [-0.3, -0.25) is 9.69 Å². The molecule has 0 spiro atoms. The number of likely N-dealkylation sites (N-methyl/N-ethyl adjacent to an activating group) is 1. The number of hydrogen-bond acceptors (Lipinski definition) is 5. The summed E-state index contributed by atoms with van der Waals surface area (Å²) < 4.78 is 5.18. The first-order valence-electron chi connectivity index (χ1n) is 8.41. The minimum atomic E-state index is -0.168. The number of nitrogens with one attached hydrogen (secondary N) is 1. The quantitative estimate of drug-likeness (QED) is 0.685. The van der Waals surface area contributed by atoms with Gasteiger partial charge in [0.1, 0.15) is 6.04 Å². The molecule has 0 radical (unpaired) electrons. The molecule has 2 atom stereocenters. The van der Waals surface area contributed by atoms with Gasteiger partial charge in [0.2, 0.25) is 0 Å². The van der Waals surface area contributed by atoms with E-state index < -0.39 is 0 Å². The molecule has 124 valence electrons. The van der Waals surface area contributed by atoms with Crippen LogP contribution >= 0.6 is 0 Å². The van der Waals surface area contributed by atoms with Gasteiger partial charge < -0.3 is 15.0 Å². The third-order valence-electron chi connectivity index (χ3n) is 4.10. The predicted molar refractivity (Wildman–Crippen MR) is 86.5 cm³/mol. The number of carbonyl (C=O) groups is 1. The molecule has 0 saturated carbocycles. The molecule has 0 aromatic heterocycles. The number of ether oxygens (including phenoxy) is 1. The van der Waals surface area contributed by atoms with Crippen LogP contribution in [0.25, 0.3) is 0 Å². The second kappa shape index (κ2) is 10.1. The number of hydrogen-bond donors (Lipinski definition) is 1. The molecule has 1 aliphatic heterocycles. The summed E-state index contributed by atoms with van der Waals surface area (Å²) in [4.78, 5) is 16.9. The van der Waals surface area contributed by atoms with Gasteiger partial charge >= 0.3 is 5.97 Å². The summed E-state index contributed by atoms with van der Waals surface area (Å²) in [7, 11) is 2.18. The van der Waals surface area contributed by atoms with Crippen molar-refractivity contribution in [2.24, 2.45) is 0 Å². The predicted octanol–water partition coefficient (Wildman–Crippen LogP) is 1.33. The molecule has 21 heavy (non-hydrogen) atoms. The molecule has 0 aromatic carbocycles. The van der Waals surface area contributed by atoms with E-state index in [1.54, 1.807) is 0 Å². The summed E-state index contributed by atoms with van der Waals surface area (Å²) in [5, 5.41) is 3.32. The zero-order valence-electron chi connectivity index (χ0n) is 14.2. The monoisotopic (exact) mass is 299 g/mol. The van der Waals surface area contributed by atoms with Crippen molar-refractivity contribution in [3.8, 4) is 0 Å². The van der Waals surface area contributed by atoms with Crippen LogP contribution in [0, 0.1) is 0 Å². The average molecular weight is 299 g/mol. The van der Waals surface area contributed by atoms with Gasteiger partial charge in [0.15, 0.2) is 0 Å². The first-order valence-corrected chi connectivity index (χ1v) is 8.41. The summed E-state index contributed by atoms with van der Waals surface area (Å²) in [6, 6.07) is 0.379. The fraction of sp³-hybridized carbons (Fsp3) is 0.938. The molecule has 1 saturated heterocycles. The summed E-state index contributed by atoms with van der Waals surface area (Å²) in [5.74, 6) is -0.106. The molecule has 0 amide bonds. The van der Waals surface area contributed by atoms with E-state index in [2.05, 4.69) is 36.0 Å². The molecule has 0 aromatic rings. The largest absolute Gasteiger partial charge is 0.465 e. The highest BCUT2D eigenvalue weighted by Crippen LogP contribution is 2.10. The molecular formula is C16H33N3O2. The summed E-state index contributed by atoms with van der Waals surface area (Å²) in [6.07, 6.45) is 3.06. The maximum Gasteiger partial charge on any atom is 0.323 e. The summed E-state index contributed by atoms with van der Waals surface area (Å²) in [5.41, 5.74) is 0. The molecule has 2 unspecified atom stereocenters. The highest BCUT2D eigenvalue weighted by Gasteiger charge is 2.23. The Morgan fingerprint density at radius 1 is 1.38 bits per heavy atom. The summed E-state index contributed by atoms with van der Waals surface area (Å²) >= 11 is 0. The van der Waals surface area contributed by atoms with Crippen molar-refractivity contribution in [1.29, 1.82) is 0 Å².